The number of rotatable bonds is 6. The van der Waals surface area contributed by atoms with Gasteiger partial charge in [-0.1, -0.05) is 0 Å². The second-order valence-corrected chi connectivity index (χ2v) is 8.61. The largest absolute Gasteiger partial charge is 0.506 e. The van der Waals surface area contributed by atoms with E-state index in [1.165, 1.54) is 6.07 Å². The first-order chi connectivity index (χ1) is 12.4. The maximum Gasteiger partial charge on any atom is 0.400 e. The lowest BCUT2D eigenvalue weighted by molar-refractivity contribution is 0.0595. The normalized spacial score (nSPS) is 13.0. The van der Waals surface area contributed by atoms with Crippen LogP contribution >= 0.6 is 34.9 Å². The van der Waals surface area contributed by atoms with Gasteiger partial charge >= 0.3 is 13.3 Å². The van der Waals surface area contributed by atoms with Crippen molar-refractivity contribution >= 4 is 62.8 Å². The molecular formula is C13H12BrF2N4O5PS. The number of thiophene rings is 1. The van der Waals surface area contributed by atoms with Gasteiger partial charge in [-0.15, -0.1) is 11.3 Å². The zero-order valence-electron chi connectivity index (χ0n) is 13.1. The Balaban J connectivity index is 2.50. The standard InChI is InChI=1S/C13H12BrF2N4O5PS/c14-9-7-1-5(12(22)19-4-6(3-17)20-18)2-8(21)10(7)27-11(9)13(15,16)26(23,24)25/h1-3,17,21H,4,18H2,(H,19,22)(H2,23,24,25). The summed E-state index contributed by atoms with van der Waals surface area (Å²) in [4.78, 5) is 29.0. The maximum atomic E-state index is 14.1. The molecule has 1 amide bonds. The third-order valence-corrected chi connectivity index (χ3v) is 6.86. The molecule has 0 unspecified atom stereocenters. The highest BCUT2D eigenvalue weighted by molar-refractivity contribution is 9.10. The molecule has 9 nitrogen and oxygen atoms in total. The van der Waals surface area contributed by atoms with Gasteiger partial charge in [0, 0.05) is 21.6 Å². The molecule has 2 aromatic rings. The van der Waals surface area contributed by atoms with Crippen LogP contribution in [0.25, 0.3) is 10.1 Å². The van der Waals surface area contributed by atoms with Gasteiger partial charge in [-0.2, -0.15) is 13.9 Å². The molecule has 1 heterocycles. The Morgan fingerprint density at radius 3 is 2.63 bits per heavy atom. The number of nitrogens with zero attached hydrogens (tertiary/aromatic N) is 1. The van der Waals surface area contributed by atoms with Crippen molar-refractivity contribution in [3.05, 3.63) is 27.0 Å². The zero-order valence-corrected chi connectivity index (χ0v) is 16.4. The van der Waals surface area contributed by atoms with Gasteiger partial charge in [0.1, 0.15) is 10.6 Å². The fourth-order valence-corrected chi connectivity index (χ4v) is 4.94. The molecule has 0 fully saturated rings. The van der Waals surface area contributed by atoms with Crippen molar-refractivity contribution < 1.29 is 33.0 Å². The molecule has 146 valence electrons. The first kappa shape index (κ1) is 21.4. The van der Waals surface area contributed by atoms with Crippen LogP contribution in [0.4, 0.5) is 8.78 Å². The average Bonchev–Trinajstić information content (AvgIpc) is 2.92. The summed E-state index contributed by atoms with van der Waals surface area (Å²) >= 11 is 3.16. The molecule has 1 aromatic heterocycles. The van der Waals surface area contributed by atoms with E-state index in [0.29, 0.717) is 11.3 Å². The Morgan fingerprint density at radius 1 is 1.48 bits per heavy atom. The van der Waals surface area contributed by atoms with Crippen molar-refractivity contribution in [2.24, 2.45) is 10.9 Å². The van der Waals surface area contributed by atoms with Crippen molar-refractivity contribution in [1.29, 1.82) is 5.41 Å². The molecule has 0 aliphatic heterocycles. The summed E-state index contributed by atoms with van der Waals surface area (Å²) in [6, 6.07) is 2.19. The number of hydrogen-bond acceptors (Lipinski definition) is 7. The predicted molar refractivity (Wildman–Crippen MR) is 99.9 cm³/mol. The number of hydrogen-bond donors (Lipinski definition) is 6. The predicted octanol–water partition coefficient (Wildman–Crippen LogP) is 2.29. The van der Waals surface area contributed by atoms with Crippen LogP contribution in [0.1, 0.15) is 15.2 Å². The van der Waals surface area contributed by atoms with Crippen molar-refractivity contribution in [2.75, 3.05) is 6.54 Å². The Kier molecular flexibility index (Phi) is 6.02. The monoisotopic (exact) mass is 484 g/mol. The van der Waals surface area contributed by atoms with Crippen LogP contribution in [0, 0.1) is 5.41 Å². The molecule has 0 saturated heterocycles. The van der Waals surface area contributed by atoms with E-state index in [1.54, 1.807) is 0 Å². The molecule has 27 heavy (non-hydrogen) atoms. The van der Waals surface area contributed by atoms with Crippen LogP contribution in [0.2, 0.25) is 0 Å². The Hall–Kier alpha value is -1.92. The maximum absolute atomic E-state index is 14.1. The number of amides is 1. The van der Waals surface area contributed by atoms with E-state index in [-0.39, 0.29) is 32.4 Å². The van der Waals surface area contributed by atoms with E-state index < -0.39 is 29.8 Å². The molecule has 0 bridgehead atoms. The summed E-state index contributed by atoms with van der Waals surface area (Å²) in [5.74, 6) is 3.78. The number of halogens is 3. The van der Waals surface area contributed by atoms with Crippen molar-refractivity contribution in [2.45, 2.75) is 5.66 Å². The van der Waals surface area contributed by atoms with E-state index in [9.17, 15) is 23.2 Å². The molecule has 1 aromatic carbocycles. The lowest BCUT2D eigenvalue weighted by Crippen LogP contribution is -2.30. The number of alkyl halides is 2. The lowest BCUT2D eigenvalue weighted by Gasteiger charge is -2.16. The average molecular weight is 485 g/mol. The van der Waals surface area contributed by atoms with Crippen LogP contribution in [0.15, 0.2) is 21.7 Å². The number of fused-ring (bicyclic) bond motifs is 1. The zero-order chi connectivity index (χ0) is 20.6. The molecule has 0 radical (unpaired) electrons. The van der Waals surface area contributed by atoms with Gasteiger partial charge in [-0.05, 0) is 28.1 Å². The summed E-state index contributed by atoms with van der Waals surface area (Å²) in [5, 5.41) is 22.7. The molecular weight excluding hydrogens is 473 g/mol. The Labute approximate surface area is 162 Å². The van der Waals surface area contributed by atoms with E-state index >= 15 is 0 Å². The minimum atomic E-state index is -5.81. The van der Waals surface area contributed by atoms with Gasteiger partial charge in [0.15, 0.2) is 0 Å². The van der Waals surface area contributed by atoms with Crippen LogP contribution < -0.4 is 11.2 Å². The van der Waals surface area contributed by atoms with Gasteiger partial charge in [0.2, 0.25) is 0 Å². The number of nitrogens with two attached hydrogens (primary N) is 1. The quantitative estimate of drug-likeness (QED) is 0.159. The fourth-order valence-electron chi connectivity index (χ4n) is 2.02. The molecule has 0 saturated carbocycles. The highest BCUT2D eigenvalue weighted by atomic mass is 79.9. The minimum absolute atomic E-state index is 0.0203. The summed E-state index contributed by atoms with van der Waals surface area (Å²) in [6.07, 6.45) is 0.826. The number of carbonyl (C=O) groups is 1. The summed E-state index contributed by atoms with van der Waals surface area (Å²) < 4.78 is 38.8. The second-order valence-electron chi connectivity index (χ2n) is 5.15. The van der Waals surface area contributed by atoms with Crippen molar-refractivity contribution in [3.8, 4) is 5.75 Å². The molecule has 14 heteroatoms. The fraction of sp³-hybridized carbons (Fsp3) is 0.154. The number of hydrazone groups is 1. The van der Waals surface area contributed by atoms with E-state index in [0.717, 1.165) is 12.3 Å². The smallest absolute Gasteiger partial charge is 0.400 e. The topological polar surface area (TPSA) is 169 Å². The molecule has 0 aliphatic carbocycles. The second kappa shape index (κ2) is 7.60. The van der Waals surface area contributed by atoms with Gasteiger partial charge in [-0.25, -0.2) is 0 Å². The molecule has 0 atom stereocenters. The SMILES string of the molecule is N=CC(CNC(=O)c1cc(O)c2sc(C(F)(F)P(=O)(O)O)c(Br)c2c1)=NN. The van der Waals surface area contributed by atoms with Crippen LogP contribution in [-0.2, 0) is 10.2 Å². The van der Waals surface area contributed by atoms with E-state index in [2.05, 4.69) is 26.3 Å². The number of nitrogens with one attached hydrogen (secondary N) is 2. The first-order valence-electron chi connectivity index (χ1n) is 6.88. The highest BCUT2D eigenvalue weighted by Gasteiger charge is 2.53. The van der Waals surface area contributed by atoms with Crippen molar-refractivity contribution in [3.63, 3.8) is 0 Å². The Morgan fingerprint density at radius 2 is 2.11 bits per heavy atom. The molecule has 0 aliphatic rings. The van der Waals surface area contributed by atoms with Crippen LogP contribution in [0.5, 0.6) is 5.75 Å². The molecule has 2 rings (SSSR count). The number of phenols is 1. The third-order valence-electron chi connectivity index (χ3n) is 3.37. The van der Waals surface area contributed by atoms with Crippen molar-refractivity contribution in [1.82, 2.24) is 5.32 Å². The van der Waals surface area contributed by atoms with Crippen LogP contribution in [0.3, 0.4) is 0 Å². The van der Waals surface area contributed by atoms with E-state index in [4.69, 9.17) is 21.0 Å². The number of phenolic OH excluding ortho intramolecular Hbond substituents is 1. The first-order valence-corrected chi connectivity index (χ1v) is 10.1. The number of benzene rings is 1. The number of carbonyl (C=O) groups excluding carboxylic acids is 1. The molecule has 0 spiro atoms. The van der Waals surface area contributed by atoms with Gasteiger partial charge in [0.05, 0.1) is 17.0 Å². The van der Waals surface area contributed by atoms with E-state index in [1.807, 2.05) is 0 Å². The van der Waals surface area contributed by atoms with Gasteiger partial charge < -0.3 is 31.5 Å². The lowest BCUT2D eigenvalue weighted by atomic mass is 10.1. The number of aromatic hydroxyl groups is 1. The summed E-state index contributed by atoms with van der Waals surface area (Å²) in [7, 11) is -5.81. The molecule has 7 N–H and O–H groups in total. The Bertz CT molecular complexity index is 1010. The highest BCUT2D eigenvalue weighted by Crippen LogP contribution is 2.63. The summed E-state index contributed by atoms with van der Waals surface area (Å²) in [6.45, 7) is -0.177. The van der Waals surface area contributed by atoms with Gasteiger partial charge in [-0.3, -0.25) is 9.36 Å². The third kappa shape index (κ3) is 4.01. The van der Waals surface area contributed by atoms with Gasteiger partial charge in [0.25, 0.3) is 5.91 Å². The minimum Gasteiger partial charge on any atom is -0.506 e. The summed E-state index contributed by atoms with van der Waals surface area (Å²) in [5.41, 5.74) is -4.51. The van der Waals surface area contributed by atoms with Crippen LogP contribution in [-0.4, -0.2) is 39.3 Å².